The van der Waals surface area contributed by atoms with Gasteiger partial charge in [-0.15, -0.1) is 0 Å². The normalized spacial score (nSPS) is 15.2. The molecule has 2 aliphatic carbocycles. The highest BCUT2D eigenvalue weighted by Crippen LogP contribution is 2.58. The van der Waals surface area contributed by atoms with Crippen LogP contribution >= 0.6 is 0 Å². The SMILES string of the molecule is OC1(c2ccc3c(c2)C(c2ccccc2)(c2ccccc2)c2ccccc2-3)c2ccccc2-c2ccccc21. The van der Waals surface area contributed by atoms with Gasteiger partial charge in [0.15, 0.2) is 0 Å². The van der Waals surface area contributed by atoms with E-state index in [9.17, 15) is 5.11 Å². The summed E-state index contributed by atoms with van der Waals surface area (Å²) < 4.78 is 0. The fourth-order valence-corrected chi connectivity index (χ4v) is 7.19. The van der Waals surface area contributed by atoms with E-state index in [0.717, 1.165) is 27.8 Å². The maximum Gasteiger partial charge on any atom is 0.141 e. The second kappa shape index (κ2) is 8.14. The Morgan fingerprint density at radius 3 is 1.28 bits per heavy atom. The lowest BCUT2D eigenvalue weighted by molar-refractivity contribution is 0.130. The predicted octanol–water partition coefficient (Wildman–Crippen LogP) is 8.31. The molecule has 6 aromatic rings. The van der Waals surface area contributed by atoms with Crippen LogP contribution in [0.4, 0.5) is 0 Å². The van der Waals surface area contributed by atoms with E-state index in [2.05, 4.69) is 140 Å². The van der Waals surface area contributed by atoms with Crippen LogP contribution in [0.1, 0.15) is 38.9 Å². The van der Waals surface area contributed by atoms with Crippen LogP contribution in [0, 0.1) is 0 Å². The van der Waals surface area contributed by atoms with Gasteiger partial charge >= 0.3 is 0 Å². The Balaban J connectivity index is 1.48. The van der Waals surface area contributed by atoms with Crippen molar-refractivity contribution in [1.29, 1.82) is 0 Å². The molecule has 1 nitrogen and oxygen atoms in total. The molecule has 8 rings (SSSR count). The van der Waals surface area contributed by atoms with E-state index < -0.39 is 11.0 Å². The van der Waals surface area contributed by atoms with E-state index in [-0.39, 0.29) is 0 Å². The molecule has 0 fully saturated rings. The Morgan fingerprint density at radius 1 is 0.333 bits per heavy atom. The Hall–Kier alpha value is -4.72. The molecule has 0 saturated heterocycles. The lowest BCUT2D eigenvalue weighted by Crippen LogP contribution is -2.30. The van der Waals surface area contributed by atoms with E-state index in [0.29, 0.717) is 0 Å². The van der Waals surface area contributed by atoms with Crippen molar-refractivity contribution < 1.29 is 5.11 Å². The molecular formula is C38H26O. The van der Waals surface area contributed by atoms with Crippen molar-refractivity contribution >= 4 is 0 Å². The molecule has 0 bridgehead atoms. The van der Waals surface area contributed by atoms with Gasteiger partial charge in [-0.25, -0.2) is 0 Å². The van der Waals surface area contributed by atoms with Gasteiger partial charge in [0.2, 0.25) is 0 Å². The molecule has 0 heterocycles. The molecule has 1 heteroatoms. The first kappa shape index (κ1) is 22.3. The second-order valence-electron chi connectivity index (χ2n) is 10.6. The van der Waals surface area contributed by atoms with Gasteiger partial charge in [-0.3, -0.25) is 0 Å². The molecule has 2 aliphatic rings. The molecule has 0 atom stereocenters. The Labute approximate surface area is 228 Å². The van der Waals surface area contributed by atoms with Crippen molar-refractivity contribution in [2.24, 2.45) is 0 Å². The van der Waals surface area contributed by atoms with Gasteiger partial charge in [0.05, 0.1) is 5.41 Å². The summed E-state index contributed by atoms with van der Waals surface area (Å²) in [5.74, 6) is 0. The zero-order valence-electron chi connectivity index (χ0n) is 21.4. The van der Waals surface area contributed by atoms with Crippen LogP contribution in [0.3, 0.4) is 0 Å². The highest BCUT2D eigenvalue weighted by Gasteiger charge is 2.48. The standard InChI is InChI=1S/C38H26O/c39-38(34-21-11-8-18-30(34)31-19-9-12-22-35(31)38)28-23-24-32-29-17-7-10-20-33(29)37(36(32)25-28,26-13-3-1-4-14-26)27-15-5-2-6-16-27/h1-25,39H. The summed E-state index contributed by atoms with van der Waals surface area (Å²) in [4.78, 5) is 0. The van der Waals surface area contributed by atoms with Gasteiger partial charge in [-0.2, -0.15) is 0 Å². The quantitative estimate of drug-likeness (QED) is 0.260. The van der Waals surface area contributed by atoms with Crippen LogP contribution < -0.4 is 0 Å². The molecule has 0 aliphatic heterocycles. The summed E-state index contributed by atoms with van der Waals surface area (Å²) in [5.41, 5.74) is 10.6. The Morgan fingerprint density at radius 2 is 0.744 bits per heavy atom. The van der Waals surface area contributed by atoms with Crippen LogP contribution in [0.15, 0.2) is 152 Å². The smallest absolute Gasteiger partial charge is 0.141 e. The van der Waals surface area contributed by atoms with E-state index in [1.165, 1.54) is 33.4 Å². The fraction of sp³-hybridized carbons (Fsp3) is 0.0526. The van der Waals surface area contributed by atoms with Crippen molar-refractivity contribution in [3.63, 3.8) is 0 Å². The first-order chi connectivity index (χ1) is 19.2. The van der Waals surface area contributed by atoms with Gasteiger partial charge in [0.1, 0.15) is 5.60 Å². The summed E-state index contributed by atoms with van der Waals surface area (Å²) in [6, 6.07) is 53.5. The van der Waals surface area contributed by atoms with Gasteiger partial charge in [-0.1, -0.05) is 152 Å². The summed E-state index contributed by atoms with van der Waals surface area (Å²) in [5, 5.41) is 12.7. The van der Waals surface area contributed by atoms with Crippen LogP contribution in [0.25, 0.3) is 22.3 Å². The molecular weight excluding hydrogens is 472 g/mol. The van der Waals surface area contributed by atoms with E-state index in [1.54, 1.807) is 0 Å². The maximum atomic E-state index is 12.7. The zero-order valence-corrected chi connectivity index (χ0v) is 21.4. The molecule has 0 saturated carbocycles. The first-order valence-corrected chi connectivity index (χ1v) is 13.5. The number of hydrogen-bond acceptors (Lipinski definition) is 1. The minimum atomic E-state index is -1.24. The summed E-state index contributed by atoms with van der Waals surface area (Å²) in [6.45, 7) is 0. The minimum absolute atomic E-state index is 0.502. The molecule has 0 aromatic heterocycles. The number of benzene rings is 6. The Kier molecular flexibility index (Phi) is 4.65. The number of rotatable bonds is 3. The minimum Gasteiger partial charge on any atom is -0.376 e. The molecule has 0 unspecified atom stereocenters. The molecule has 0 radical (unpaired) electrons. The number of hydrogen-bond donors (Lipinski definition) is 1. The van der Waals surface area contributed by atoms with E-state index in [4.69, 9.17) is 0 Å². The van der Waals surface area contributed by atoms with Crippen molar-refractivity contribution in [3.05, 3.63) is 191 Å². The van der Waals surface area contributed by atoms with Gasteiger partial charge < -0.3 is 5.11 Å². The summed E-state index contributed by atoms with van der Waals surface area (Å²) in [7, 11) is 0. The first-order valence-electron chi connectivity index (χ1n) is 13.5. The molecule has 1 N–H and O–H groups in total. The highest BCUT2D eigenvalue weighted by atomic mass is 16.3. The second-order valence-corrected chi connectivity index (χ2v) is 10.6. The molecule has 39 heavy (non-hydrogen) atoms. The number of aliphatic hydroxyl groups is 1. The van der Waals surface area contributed by atoms with Gasteiger partial charge in [0.25, 0.3) is 0 Å². The van der Waals surface area contributed by atoms with Crippen LogP contribution in [-0.4, -0.2) is 5.11 Å². The van der Waals surface area contributed by atoms with Crippen LogP contribution in [-0.2, 0) is 11.0 Å². The summed E-state index contributed by atoms with van der Waals surface area (Å²) >= 11 is 0. The average Bonchev–Trinajstić information content (AvgIpc) is 3.46. The van der Waals surface area contributed by atoms with Crippen molar-refractivity contribution in [2.45, 2.75) is 11.0 Å². The van der Waals surface area contributed by atoms with Crippen molar-refractivity contribution in [1.82, 2.24) is 0 Å². The van der Waals surface area contributed by atoms with Crippen molar-refractivity contribution in [3.8, 4) is 22.3 Å². The third-order valence-electron chi connectivity index (χ3n) is 8.80. The average molecular weight is 499 g/mol. The van der Waals surface area contributed by atoms with E-state index in [1.807, 2.05) is 12.1 Å². The van der Waals surface area contributed by atoms with Gasteiger partial charge in [-0.05, 0) is 50.1 Å². The molecule has 184 valence electrons. The molecule has 6 aromatic carbocycles. The van der Waals surface area contributed by atoms with Crippen molar-refractivity contribution in [2.75, 3.05) is 0 Å². The van der Waals surface area contributed by atoms with Gasteiger partial charge in [0, 0.05) is 11.1 Å². The largest absolute Gasteiger partial charge is 0.376 e. The number of fused-ring (bicyclic) bond motifs is 6. The summed E-state index contributed by atoms with van der Waals surface area (Å²) in [6.07, 6.45) is 0. The van der Waals surface area contributed by atoms with E-state index >= 15 is 0 Å². The van der Waals surface area contributed by atoms with Crippen LogP contribution in [0.2, 0.25) is 0 Å². The maximum absolute atomic E-state index is 12.7. The fourth-order valence-electron chi connectivity index (χ4n) is 7.19. The lowest BCUT2D eigenvalue weighted by atomic mass is 9.67. The zero-order chi connectivity index (χ0) is 26.0. The third kappa shape index (κ3) is 2.83. The monoisotopic (exact) mass is 498 g/mol. The lowest BCUT2D eigenvalue weighted by Gasteiger charge is -2.35. The highest BCUT2D eigenvalue weighted by molar-refractivity contribution is 5.88. The molecule has 0 spiro atoms. The topological polar surface area (TPSA) is 20.2 Å². The third-order valence-corrected chi connectivity index (χ3v) is 8.80. The molecule has 0 amide bonds. The van der Waals surface area contributed by atoms with Crippen LogP contribution in [0.5, 0.6) is 0 Å². The predicted molar refractivity (Wildman–Crippen MR) is 158 cm³/mol. The Bertz CT molecular complexity index is 1780.